The summed E-state index contributed by atoms with van der Waals surface area (Å²) in [5, 5.41) is 0.808. The van der Waals surface area contributed by atoms with E-state index in [0.717, 1.165) is 10.9 Å². The molecule has 1 atom stereocenters. The van der Waals surface area contributed by atoms with Gasteiger partial charge < -0.3 is 9.30 Å². The number of esters is 1. The summed E-state index contributed by atoms with van der Waals surface area (Å²) in [6.07, 6.45) is 0. The van der Waals surface area contributed by atoms with Crippen LogP contribution in [-0.4, -0.2) is 10.5 Å². The second kappa shape index (κ2) is 3.20. The summed E-state index contributed by atoms with van der Waals surface area (Å²) >= 11 is 0. The van der Waals surface area contributed by atoms with Crippen molar-refractivity contribution in [2.75, 3.05) is 0 Å². The first-order valence-electron chi connectivity index (χ1n) is 5.44. The van der Waals surface area contributed by atoms with Gasteiger partial charge in [-0.25, -0.2) is 0 Å². The number of fused-ring (bicyclic) bond motifs is 3. The van der Waals surface area contributed by atoms with Crippen molar-refractivity contribution >= 4 is 16.9 Å². The molecule has 1 aromatic heterocycles. The maximum absolute atomic E-state index is 12.2. The second-order valence-corrected chi connectivity index (χ2v) is 4.27. The van der Waals surface area contributed by atoms with Crippen molar-refractivity contribution in [2.45, 2.75) is 12.8 Å². The quantitative estimate of drug-likeness (QED) is 0.644. The summed E-state index contributed by atoms with van der Waals surface area (Å²) < 4.78 is 6.78. The zero-order valence-electron chi connectivity index (χ0n) is 9.56. The number of rotatable bonds is 0. The summed E-state index contributed by atoms with van der Waals surface area (Å²) in [5.41, 5.74) is 1.09. The fourth-order valence-electron chi connectivity index (χ4n) is 2.29. The Bertz CT molecular complexity index is 700. The Morgan fingerprint density at radius 2 is 1.94 bits per heavy atom. The molecule has 0 bridgehead atoms. The molecule has 1 aliphatic rings. The Labute approximate surface area is 97.4 Å². The van der Waals surface area contributed by atoms with Gasteiger partial charge in [0.05, 0.1) is 17.0 Å². The van der Waals surface area contributed by atoms with Crippen LogP contribution in [0.1, 0.15) is 18.4 Å². The summed E-state index contributed by atoms with van der Waals surface area (Å²) in [7, 11) is 1.71. The molecule has 0 radical (unpaired) electrons. The Balaban J connectivity index is 2.54. The number of para-hydroxylation sites is 1. The fourth-order valence-corrected chi connectivity index (χ4v) is 2.29. The first-order chi connectivity index (χ1) is 8.11. The Morgan fingerprint density at radius 1 is 1.24 bits per heavy atom. The lowest BCUT2D eigenvalue weighted by atomic mass is 10.0. The van der Waals surface area contributed by atoms with Gasteiger partial charge in [0.2, 0.25) is 0 Å². The number of benzene rings is 1. The zero-order chi connectivity index (χ0) is 12.2. The minimum atomic E-state index is -0.478. The highest BCUT2D eigenvalue weighted by molar-refractivity contribution is 5.95. The molecule has 4 heteroatoms. The number of ether oxygens (including phenoxy) is 1. The van der Waals surface area contributed by atoms with Crippen molar-refractivity contribution in [3.63, 3.8) is 0 Å². The van der Waals surface area contributed by atoms with Crippen molar-refractivity contribution in [2.24, 2.45) is 7.05 Å². The third kappa shape index (κ3) is 1.18. The lowest BCUT2D eigenvalue weighted by Gasteiger charge is -2.08. The number of aromatic nitrogens is 1. The van der Waals surface area contributed by atoms with Gasteiger partial charge >= 0.3 is 5.97 Å². The van der Waals surface area contributed by atoms with Gasteiger partial charge in [0, 0.05) is 12.4 Å². The molecule has 3 rings (SSSR count). The predicted octanol–water partition coefficient (Wildman–Crippen LogP) is 1.56. The maximum atomic E-state index is 12.2. The summed E-state index contributed by atoms with van der Waals surface area (Å²) in [5.74, 6) is -0.400. The minimum absolute atomic E-state index is 0.156. The maximum Gasteiger partial charge on any atom is 0.318 e. The highest BCUT2D eigenvalue weighted by Crippen LogP contribution is 2.37. The van der Waals surface area contributed by atoms with E-state index >= 15 is 0 Å². The van der Waals surface area contributed by atoms with Gasteiger partial charge in [-0.2, -0.15) is 0 Å². The van der Waals surface area contributed by atoms with Gasteiger partial charge in [-0.05, 0) is 19.1 Å². The molecule has 1 aromatic carbocycles. The first-order valence-corrected chi connectivity index (χ1v) is 5.44. The van der Waals surface area contributed by atoms with Crippen LogP contribution in [0.25, 0.3) is 10.9 Å². The molecule has 0 saturated heterocycles. The SMILES string of the molecule is CC1C(=O)Oc2c1c(=O)n(C)c1ccccc21. The van der Waals surface area contributed by atoms with Gasteiger partial charge in [-0.1, -0.05) is 12.1 Å². The number of hydrogen-bond acceptors (Lipinski definition) is 3. The van der Waals surface area contributed by atoms with E-state index in [1.165, 1.54) is 0 Å². The third-order valence-electron chi connectivity index (χ3n) is 3.28. The van der Waals surface area contributed by atoms with Crippen LogP contribution in [0.2, 0.25) is 0 Å². The molecule has 0 fully saturated rings. The molecule has 86 valence electrons. The van der Waals surface area contributed by atoms with E-state index in [4.69, 9.17) is 4.74 Å². The molecule has 2 aromatic rings. The fraction of sp³-hybridized carbons (Fsp3) is 0.231. The van der Waals surface area contributed by atoms with E-state index in [1.807, 2.05) is 24.3 Å². The third-order valence-corrected chi connectivity index (χ3v) is 3.28. The Kier molecular flexibility index (Phi) is 1.90. The molecule has 2 heterocycles. The summed E-state index contributed by atoms with van der Waals surface area (Å²) in [6, 6.07) is 7.42. The van der Waals surface area contributed by atoms with Crippen LogP contribution in [0.4, 0.5) is 0 Å². The van der Waals surface area contributed by atoms with Gasteiger partial charge in [0.15, 0.2) is 0 Å². The number of nitrogens with zero attached hydrogens (tertiary/aromatic N) is 1. The molecule has 0 N–H and O–H groups in total. The van der Waals surface area contributed by atoms with E-state index in [2.05, 4.69) is 0 Å². The number of aryl methyl sites for hydroxylation is 1. The molecule has 4 nitrogen and oxygen atoms in total. The predicted molar refractivity (Wildman–Crippen MR) is 63.2 cm³/mol. The molecular weight excluding hydrogens is 218 g/mol. The summed E-state index contributed by atoms with van der Waals surface area (Å²) in [6.45, 7) is 1.70. The first kappa shape index (κ1) is 10.1. The van der Waals surface area contributed by atoms with Crippen molar-refractivity contribution < 1.29 is 9.53 Å². The van der Waals surface area contributed by atoms with Crippen LogP contribution in [0, 0.1) is 0 Å². The van der Waals surface area contributed by atoms with Crippen LogP contribution >= 0.6 is 0 Å². The van der Waals surface area contributed by atoms with Crippen LogP contribution in [0.5, 0.6) is 5.75 Å². The molecular formula is C13H11NO3. The largest absolute Gasteiger partial charge is 0.425 e. The van der Waals surface area contributed by atoms with Gasteiger partial charge in [-0.15, -0.1) is 0 Å². The molecule has 1 aliphatic heterocycles. The minimum Gasteiger partial charge on any atom is -0.425 e. The van der Waals surface area contributed by atoms with Crippen molar-refractivity contribution in [1.82, 2.24) is 4.57 Å². The Morgan fingerprint density at radius 3 is 2.71 bits per heavy atom. The van der Waals surface area contributed by atoms with Crippen molar-refractivity contribution in [3.05, 3.63) is 40.2 Å². The molecule has 0 aliphatic carbocycles. The van der Waals surface area contributed by atoms with Crippen LogP contribution in [0.15, 0.2) is 29.1 Å². The highest BCUT2D eigenvalue weighted by atomic mass is 16.5. The summed E-state index contributed by atoms with van der Waals surface area (Å²) in [4.78, 5) is 23.7. The monoisotopic (exact) mass is 229 g/mol. The highest BCUT2D eigenvalue weighted by Gasteiger charge is 2.34. The number of carbonyl (C=O) groups excluding carboxylic acids is 1. The number of carbonyl (C=O) groups is 1. The average molecular weight is 229 g/mol. The smallest absolute Gasteiger partial charge is 0.318 e. The van der Waals surface area contributed by atoms with Crippen LogP contribution < -0.4 is 10.3 Å². The van der Waals surface area contributed by atoms with E-state index in [9.17, 15) is 9.59 Å². The lowest BCUT2D eigenvalue weighted by molar-refractivity contribution is -0.133. The van der Waals surface area contributed by atoms with E-state index in [-0.39, 0.29) is 11.5 Å². The topological polar surface area (TPSA) is 48.3 Å². The van der Waals surface area contributed by atoms with Gasteiger partial charge in [0.25, 0.3) is 5.56 Å². The lowest BCUT2D eigenvalue weighted by Crippen LogP contribution is -2.22. The Hall–Kier alpha value is -2.10. The molecule has 1 unspecified atom stereocenters. The van der Waals surface area contributed by atoms with E-state index < -0.39 is 5.92 Å². The standard InChI is InChI=1S/C13H11NO3/c1-7-10-11(17-13(7)16)8-5-3-4-6-9(8)14(2)12(10)15/h3-7H,1-2H3. The van der Waals surface area contributed by atoms with E-state index in [1.54, 1.807) is 18.5 Å². The number of pyridine rings is 1. The van der Waals surface area contributed by atoms with Crippen LogP contribution in [0.3, 0.4) is 0 Å². The molecule has 17 heavy (non-hydrogen) atoms. The van der Waals surface area contributed by atoms with E-state index in [0.29, 0.717) is 11.3 Å². The molecule has 0 amide bonds. The van der Waals surface area contributed by atoms with Crippen LogP contribution in [-0.2, 0) is 11.8 Å². The second-order valence-electron chi connectivity index (χ2n) is 4.27. The average Bonchev–Trinajstić information content (AvgIpc) is 2.63. The van der Waals surface area contributed by atoms with Crippen molar-refractivity contribution in [3.8, 4) is 5.75 Å². The normalized spacial score (nSPS) is 18.2. The molecule has 0 spiro atoms. The van der Waals surface area contributed by atoms with Crippen molar-refractivity contribution in [1.29, 1.82) is 0 Å². The number of hydrogen-bond donors (Lipinski definition) is 0. The van der Waals surface area contributed by atoms with Gasteiger partial charge in [-0.3, -0.25) is 9.59 Å². The zero-order valence-corrected chi connectivity index (χ0v) is 9.56. The van der Waals surface area contributed by atoms with Gasteiger partial charge in [0.1, 0.15) is 5.75 Å². The molecule has 0 saturated carbocycles.